The predicted octanol–water partition coefficient (Wildman–Crippen LogP) is 7.27. The predicted molar refractivity (Wildman–Crippen MR) is 148 cm³/mol. The quantitative estimate of drug-likeness (QED) is 0.178. The number of hydrogen-bond acceptors (Lipinski definition) is 6. The molecule has 4 nitrogen and oxygen atoms in total. The minimum Gasteiger partial charge on any atom is -0.410 e. The number of oxime groups is 1. The maximum Gasteiger partial charge on any atom is 0.118 e. The number of benzene rings is 3. The van der Waals surface area contributed by atoms with Gasteiger partial charge in [-0.25, -0.2) is 4.31 Å². The summed E-state index contributed by atoms with van der Waals surface area (Å²) < 4.78 is 2.44. The normalized spacial score (nSPS) is 18.9. The molecule has 0 atom stereocenters. The van der Waals surface area contributed by atoms with E-state index in [1.54, 1.807) is 11.9 Å². The minimum atomic E-state index is 0.687. The third kappa shape index (κ3) is 4.75. The summed E-state index contributed by atoms with van der Waals surface area (Å²) in [6, 6.07) is 23.8. The number of allylic oxidation sites excluding steroid dienone is 2. The summed E-state index contributed by atoms with van der Waals surface area (Å²) in [5.74, 6) is 0. The van der Waals surface area contributed by atoms with Crippen molar-refractivity contribution in [2.24, 2.45) is 5.16 Å². The van der Waals surface area contributed by atoms with Gasteiger partial charge in [-0.15, -0.1) is 0 Å². The third-order valence-electron chi connectivity index (χ3n) is 6.98. The Bertz CT molecular complexity index is 1280. The monoisotopic (exact) mass is 499 g/mol. The van der Waals surface area contributed by atoms with Gasteiger partial charge in [-0.1, -0.05) is 53.3 Å². The fraction of sp³-hybridized carbons (Fsp3) is 0.276. The van der Waals surface area contributed by atoms with Gasteiger partial charge in [-0.3, -0.25) is 0 Å². The van der Waals surface area contributed by atoms with E-state index in [0.717, 1.165) is 48.4 Å². The molecule has 1 N–H and O–H groups in total. The Morgan fingerprint density at radius 2 is 1.46 bits per heavy atom. The Balaban J connectivity index is 1.17. The lowest BCUT2D eigenvalue weighted by Crippen LogP contribution is -2.43. The first-order valence-electron chi connectivity index (χ1n) is 12.4. The highest BCUT2D eigenvalue weighted by Crippen LogP contribution is 2.42. The number of rotatable bonds is 5. The Morgan fingerprint density at radius 1 is 0.743 bits per heavy atom. The molecule has 1 fully saturated rings. The van der Waals surface area contributed by atoms with Gasteiger partial charge in [0, 0.05) is 52.8 Å². The number of para-hydroxylation sites is 1. The zero-order valence-corrected chi connectivity index (χ0v) is 21.3. The van der Waals surface area contributed by atoms with Crippen LogP contribution in [0.1, 0.15) is 36.8 Å². The van der Waals surface area contributed by atoms with Crippen LogP contribution in [-0.4, -0.2) is 41.4 Å². The first kappa shape index (κ1) is 22.8. The van der Waals surface area contributed by atoms with E-state index in [-0.39, 0.29) is 0 Å². The number of nitrogens with zero attached hydrogens (tertiary/aromatic N) is 3. The van der Waals surface area contributed by atoms with E-state index in [9.17, 15) is 5.21 Å². The van der Waals surface area contributed by atoms with Crippen LogP contribution < -0.4 is 4.90 Å². The number of anilines is 1. The molecule has 6 heteroatoms. The third-order valence-corrected chi connectivity index (χ3v) is 9.19. The van der Waals surface area contributed by atoms with E-state index in [2.05, 4.69) is 87.2 Å². The maximum atomic E-state index is 9.97. The molecular weight excluding hydrogens is 470 g/mol. The van der Waals surface area contributed by atoms with Gasteiger partial charge in [0.25, 0.3) is 0 Å². The highest BCUT2D eigenvalue weighted by Gasteiger charge is 2.27. The minimum absolute atomic E-state index is 0.687. The van der Waals surface area contributed by atoms with E-state index < -0.39 is 0 Å². The van der Waals surface area contributed by atoms with Crippen molar-refractivity contribution in [3.8, 4) is 11.1 Å². The van der Waals surface area contributed by atoms with E-state index in [1.807, 2.05) is 11.8 Å². The molecule has 178 valence electrons. The summed E-state index contributed by atoms with van der Waals surface area (Å²) in [5.41, 5.74) is 6.35. The molecule has 0 aromatic heterocycles. The van der Waals surface area contributed by atoms with Crippen molar-refractivity contribution in [3.05, 3.63) is 88.8 Å². The lowest BCUT2D eigenvalue weighted by atomic mass is 10.1. The molecule has 3 aliphatic rings. The van der Waals surface area contributed by atoms with Gasteiger partial charge >= 0.3 is 0 Å². The standard InChI is InChI=1S/C29H29N3OS2/c33-30-29-27-19-23(34-22-9-5-2-6-10-22)11-13-25(27)26-14-12-24(20-28(26)29)35-32-17-15-31(16-18-32)21-7-3-1-4-8-21/h1,3-4,7-9,11-14,19-20,33H,2,5-6,10,15-18H2/b30-29-. The molecule has 1 aliphatic heterocycles. The molecule has 0 amide bonds. The van der Waals surface area contributed by atoms with Crippen LogP contribution in [0.15, 0.2) is 92.7 Å². The molecule has 1 heterocycles. The first-order chi connectivity index (χ1) is 17.3. The molecule has 0 bridgehead atoms. The van der Waals surface area contributed by atoms with Crippen LogP contribution >= 0.6 is 23.7 Å². The smallest absolute Gasteiger partial charge is 0.118 e. The molecule has 3 aromatic rings. The SMILES string of the molecule is O/N=C1/c2cc(SC3=CCCCC3)ccc2-c2ccc(SN3CCN(c4ccccc4)CC3)cc21. The fourth-order valence-corrected chi connectivity index (χ4v) is 7.17. The van der Waals surface area contributed by atoms with Crippen molar-refractivity contribution < 1.29 is 5.21 Å². The molecular formula is C29H29N3OS2. The van der Waals surface area contributed by atoms with Crippen LogP contribution in [0.25, 0.3) is 11.1 Å². The second kappa shape index (κ2) is 10.1. The van der Waals surface area contributed by atoms with Gasteiger partial charge in [-0.05, 0) is 90.1 Å². The molecule has 1 saturated heterocycles. The fourth-order valence-electron chi connectivity index (χ4n) is 5.16. The average Bonchev–Trinajstić information content (AvgIpc) is 3.22. The van der Waals surface area contributed by atoms with Crippen LogP contribution in [-0.2, 0) is 0 Å². The topological polar surface area (TPSA) is 39.1 Å². The van der Waals surface area contributed by atoms with Crippen LogP contribution in [0.2, 0.25) is 0 Å². The molecule has 3 aromatic carbocycles. The first-order valence-corrected chi connectivity index (χ1v) is 14.0. The zero-order valence-electron chi connectivity index (χ0n) is 19.7. The molecule has 6 rings (SSSR count). The van der Waals surface area contributed by atoms with E-state index in [0.29, 0.717) is 5.71 Å². The van der Waals surface area contributed by atoms with Gasteiger partial charge in [-0.2, -0.15) is 0 Å². The summed E-state index contributed by atoms with van der Waals surface area (Å²) in [4.78, 5) is 6.32. The van der Waals surface area contributed by atoms with E-state index in [4.69, 9.17) is 0 Å². The van der Waals surface area contributed by atoms with Crippen LogP contribution in [0.5, 0.6) is 0 Å². The summed E-state index contributed by atoms with van der Waals surface area (Å²) >= 11 is 3.66. The van der Waals surface area contributed by atoms with Crippen molar-refractivity contribution >= 4 is 35.1 Å². The Hall–Kier alpha value is -2.67. The summed E-state index contributed by atoms with van der Waals surface area (Å²) in [6.07, 6.45) is 7.31. The number of hydrogen-bond donors (Lipinski definition) is 1. The van der Waals surface area contributed by atoms with Gasteiger partial charge in [0.05, 0.1) is 0 Å². The van der Waals surface area contributed by atoms with E-state index in [1.165, 1.54) is 46.1 Å². The Morgan fingerprint density at radius 3 is 2.14 bits per heavy atom. The molecule has 0 spiro atoms. The molecule has 0 unspecified atom stereocenters. The van der Waals surface area contributed by atoms with Crippen LogP contribution in [0, 0.1) is 0 Å². The Labute approximate surface area is 215 Å². The molecule has 2 aliphatic carbocycles. The van der Waals surface area contributed by atoms with Gasteiger partial charge in [0.1, 0.15) is 5.71 Å². The van der Waals surface area contributed by atoms with Crippen molar-refractivity contribution in [1.29, 1.82) is 0 Å². The molecule has 0 saturated carbocycles. The highest BCUT2D eigenvalue weighted by atomic mass is 32.2. The van der Waals surface area contributed by atoms with Crippen molar-refractivity contribution in [2.75, 3.05) is 31.1 Å². The van der Waals surface area contributed by atoms with Crippen molar-refractivity contribution in [3.63, 3.8) is 0 Å². The summed E-state index contributed by atoms with van der Waals surface area (Å²) in [7, 11) is 0. The zero-order chi connectivity index (χ0) is 23.6. The summed E-state index contributed by atoms with van der Waals surface area (Å²) in [6.45, 7) is 4.06. The van der Waals surface area contributed by atoms with Gasteiger partial charge < -0.3 is 10.1 Å². The average molecular weight is 500 g/mol. The van der Waals surface area contributed by atoms with Crippen molar-refractivity contribution in [1.82, 2.24) is 4.31 Å². The highest BCUT2D eigenvalue weighted by molar-refractivity contribution is 8.03. The number of fused-ring (bicyclic) bond motifs is 3. The van der Waals surface area contributed by atoms with E-state index >= 15 is 0 Å². The largest absolute Gasteiger partial charge is 0.410 e. The lowest BCUT2D eigenvalue weighted by Gasteiger charge is -2.35. The Kier molecular flexibility index (Phi) is 6.59. The lowest BCUT2D eigenvalue weighted by molar-refractivity contribution is 0.320. The summed E-state index contributed by atoms with van der Waals surface area (Å²) in [5, 5.41) is 13.7. The van der Waals surface area contributed by atoms with Crippen LogP contribution in [0.3, 0.4) is 0 Å². The van der Waals surface area contributed by atoms with Crippen LogP contribution in [0.4, 0.5) is 5.69 Å². The second-order valence-corrected chi connectivity index (χ2v) is 11.6. The molecule has 35 heavy (non-hydrogen) atoms. The number of thioether (sulfide) groups is 1. The van der Waals surface area contributed by atoms with Gasteiger partial charge in [0.2, 0.25) is 0 Å². The second-order valence-electron chi connectivity index (χ2n) is 9.22. The molecule has 0 radical (unpaired) electrons. The maximum absolute atomic E-state index is 9.97. The van der Waals surface area contributed by atoms with Gasteiger partial charge in [0.15, 0.2) is 0 Å². The van der Waals surface area contributed by atoms with Crippen molar-refractivity contribution in [2.45, 2.75) is 35.5 Å². The number of piperazine rings is 1.